The van der Waals surface area contributed by atoms with Gasteiger partial charge in [-0.3, -0.25) is 4.90 Å². The highest BCUT2D eigenvalue weighted by Gasteiger charge is 2.41. The standard InChI is InChI=1S/C26H29BrN4O2S/c1-18-29-25(22-9-5-6-10-24(22)27)14-26(30-18)23-16-31-12-11-20(23)13-21(31)15-28-34(32,33)17-19-7-3-2-4-8-19/h2-10,14,20-21,23,28H,11-13,15-17H2,1H3/t20-,21+,23-/m0/s1. The summed E-state index contributed by atoms with van der Waals surface area (Å²) in [5.41, 5.74) is 3.91. The average Bonchev–Trinajstić information content (AvgIpc) is 2.83. The summed E-state index contributed by atoms with van der Waals surface area (Å²) >= 11 is 3.65. The van der Waals surface area contributed by atoms with Crippen molar-refractivity contribution in [3.8, 4) is 11.3 Å². The molecule has 0 amide bonds. The monoisotopic (exact) mass is 540 g/mol. The third-order valence-corrected chi connectivity index (χ3v) is 9.02. The molecule has 1 N–H and O–H groups in total. The largest absolute Gasteiger partial charge is 0.298 e. The van der Waals surface area contributed by atoms with Crippen LogP contribution in [0.5, 0.6) is 0 Å². The second-order valence-electron chi connectivity index (χ2n) is 9.34. The Hall–Kier alpha value is -2.13. The van der Waals surface area contributed by atoms with Gasteiger partial charge in [0.05, 0.1) is 11.4 Å². The third-order valence-electron chi connectivity index (χ3n) is 7.00. The molecule has 1 unspecified atom stereocenters. The van der Waals surface area contributed by atoms with E-state index < -0.39 is 10.0 Å². The lowest BCUT2D eigenvalue weighted by molar-refractivity contribution is 0.0317. The van der Waals surface area contributed by atoms with E-state index in [0.29, 0.717) is 18.4 Å². The van der Waals surface area contributed by atoms with E-state index in [4.69, 9.17) is 9.97 Å². The van der Waals surface area contributed by atoms with E-state index in [0.717, 1.165) is 58.7 Å². The molecule has 3 saturated heterocycles. The minimum absolute atomic E-state index is 0.0185. The van der Waals surface area contributed by atoms with Crippen LogP contribution in [-0.2, 0) is 15.8 Å². The second kappa shape index (κ2) is 9.85. The van der Waals surface area contributed by atoms with Gasteiger partial charge in [0.25, 0.3) is 0 Å². The van der Waals surface area contributed by atoms with Gasteiger partial charge in [-0.05, 0) is 49.9 Å². The van der Waals surface area contributed by atoms with Gasteiger partial charge in [-0.1, -0.05) is 64.5 Å². The Morgan fingerprint density at radius 1 is 1.09 bits per heavy atom. The van der Waals surface area contributed by atoms with Gasteiger partial charge in [-0.2, -0.15) is 0 Å². The molecule has 3 aliphatic rings. The van der Waals surface area contributed by atoms with Crippen molar-refractivity contribution in [1.82, 2.24) is 19.6 Å². The van der Waals surface area contributed by atoms with Gasteiger partial charge in [0, 0.05) is 40.8 Å². The van der Waals surface area contributed by atoms with Gasteiger partial charge >= 0.3 is 0 Å². The normalized spacial score (nSPS) is 24.3. The number of rotatable bonds is 7. The molecule has 0 saturated carbocycles. The summed E-state index contributed by atoms with van der Waals surface area (Å²) in [6.07, 6.45) is 2.09. The lowest BCUT2D eigenvalue weighted by Gasteiger charge is -2.49. The number of aryl methyl sites for hydroxylation is 1. The van der Waals surface area contributed by atoms with Crippen molar-refractivity contribution in [2.75, 3.05) is 19.6 Å². The minimum Gasteiger partial charge on any atom is -0.298 e. The first-order chi connectivity index (χ1) is 16.4. The van der Waals surface area contributed by atoms with Gasteiger partial charge in [-0.25, -0.2) is 23.1 Å². The molecular weight excluding hydrogens is 512 g/mol. The Kier molecular flexibility index (Phi) is 6.84. The number of piperidine rings is 3. The number of hydrogen-bond donors (Lipinski definition) is 1. The first-order valence-corrected chi connectivity index (χ1v) is 14.2. The molecule has 8 heteroatoms. The van der Waals surface area contributed by atoms with Gasteiger partial charge in [0.2, 0.25) is 10.0 Å². The lowest BCUT2D eigenvalue weighted by Crippen LogP contribution is -2.56. The molecule has 0 aliphatic carbocycles. The van der Waals surface area contributed by atoms with E-state index in [-0.39, 0.29) is 11.8 Å². The smallest absolute Gasteiger partial charge is 0.215 e. The fourth-order valence-electron chi connectivity index (χ4n) is 5.34. The van der Waals surface area contributed by atoms with Crippen molar-refractivity contribution in [2.45, 2.75) is 37.5 Å². The summed E-state index contributed by atoms with van der Waals surface area (Å²) in [6.45, 7) is 4.33. The van der Waals surface area contributed by atoms with Crippen molar-refractivity contribution in [3.63, 3.8) is 0 Å². The van der Waals surface area contributed by atoms with E-state index in [1.54, 1.807) is 0 Å². The molecule has 3 aromatic rings. The van der Waals surface area contributed by atoms with Crippen LogP contribution in [0.25, 0.3) is 11.3 Å². The van der Waals surface area contributed by atoms with Crippen LogP contribution in [0.2, 0.25) is 0 Å². The Bertz CT molecular complexity index is 1270. The second-order valence-corrected chi connectivity index (χ2v) is 12.0. The van der Waals surface area contributed by atoms with Crippen LogP contribution in [0, 0.1) is 12.8 Å². The molecule has 3 fully saturated rings. The third kappa shape index (κ3) is 5.25. The number of aromatic nitrogens is 2. The zero-order chi connectivity index (χ0) is 23.7. The fraction of sp³-hybridized carbons (Fsp3) is 0.385. The van der Waals surface area contributed by atoms with Crippen LogP contribution in [0.1, 0.15) is 35.8 Å². The minimum atomic E-state index is -3.36. The van der Waals surface area contributed by atoms with Crippen LogP contribution in [0.3, 0.4) is 0 Å². The maximum absolute atomic E-state index is 12.6. The highest BCUT2D eigenvalue weighted by Crippen LogP contribution is 2.42. The summed E-state index contributed by atoms with van der Waals surface area (Å²) in [5, 5.41) is 0. The Labute approximate surface area is 210 Å². The summed E-state index contributed by atoms with van der Waals surface area (Å²) in [4.78, 5) is 12.0. The Morgan fingerprint density at radius 3 is 2.59 bits per heavy atom. The topological polar surface area (TPSA) is 75.2 Å². The van der Waals surface area contributed by atoms with E-state index in [9.17, 15) is 8.42 Å². The van der Waals surface area contributed by atoms with Gasteiger partial charge in [-0.15, -0.1) is 0 Å². The molecule has 6 rings (SSSR count). The van der Waals surface area contributed by atoms with Crippen molar-refractivity contribution in [3.05, 3.63) is 82.2 Å². The number of sulfonamides is 1. The summed E-state index contributed by atoms with van der Waals surface area (Å²) < 4.78 is 29.1. The zero-order valence-corrected chi connectivity index (χ0v) is 21.6. The number of nitrogens with one attached hydrogen (secondary N) is 1. The van der Waals surface area contributed by atoms with Crippen molar-refractivity contribution >= 4 is 26.0 Å². The van der Waals surface area contributed by atoms with Crippen LogP contribution in [-0.4, -0.2) is 49.0 Å². The predicted molar refractivity (Wildman–Crippen MR) is 138 cm³/mol. The highest BCUT2D eigenvalue weighted by molar-refractivity contribution is 9.10. The van der Waals surface area contributed by atoms with Crippen molar-refractivity contribution in [1.29, 1.82) is 0 Å². The van der Waals surface area contributed by atoms with Crippen molar-refractivity contribution < 1.29 is 8.42 Å². The van der Waals surface area contributed by atoms with E-state index in [2.05, 4.69) is 37.7 Å². The number of nitrogens with zero attached hydrogens (tertiary/aromatic N) is 3. The molecule has 2 aromatic carbocycles. The molecule has 178 valence electrons. The Morgan fingerprint density at radius 2 is 1.85 bits per heavy atom. The van der Waals surface area contributed by atoms with Crippen molar-refractivity contribution in [2.24, 2.45) is 5.92 Å². The van der Waals surface area contributed by atoms with Crippen LogP contribution in [0.4, 0.5) is 0 Å². The first-order valence-electron chi connectivity index (χ1n) is 11.7. The van der Waals surface area contributed by atoms with E-state index in [1.807, 2.05) is 55.5 Å². The molecule has 6 nitrogen and oxygen atoms in total. The Balaban J connectivity index is 1.28. The maximum Gasteiger partial charge on any atom is 0.215 e. The van der Waals surface area contributed by atoms with Gasteiger partial charge in [0.1, 0.15) is 5.82 Å². The maximum atomic E-state index is 12.6. The summed E-state index contributed by atoms with van der Waals surface area (Å²) in [6, 6.07) is 19.8. The fourth-order valence-corrected chi connectivity index (χ4v) is 7.01. The molecule has 4 atom stereocenters. The molecule has 1 aromatic heterocycles. The molecule has 4 heterocycles. The summed E-state index contributed by atoms with van der Waals surface area (Å²) in [7, 11) is -3.36. The predicted octanol–water partition coefficient (Wildman–Crippen LogP) is 4.51. The average molecular weight is 542 g/mol. The van der Waals surface area contributed by atoms with Crippen LogP contribution < -0.4 is 4.72 Å². The van der Waals surface area contributed by atoms with E-state index in [1.165, 1.54) is 0 Å². The molecule has 34 heavy (non-hydrogen) atoms. The van der Waals surface area contributed by atoms with Crippen LogP contribution in [0.15, 0.2) is 65.1 Å². The van der Waals surface area contributed by atoms with E-state index >= 15 is 0 Å². The highest BCUT2D eigenvalue weighted by atomic mass is 79.9. The lowest BCUT2D eigenvalue weighted by atomic mass is 9.74. The van der Waals surface area contributed by atoms with Gasteiger partial charge in [0.15, 0.2) is 0 Å². The molecule has 0 spiro atoms. The SMILES string of the molecule is Cc1nc(-c2ccccc2Br)cc([C@H]2CN3CC[C@H]2C[C@@H]3CNS(=O)(=O)Cc2ccccc2)n1. The van der Waals surface area contributed by atoms with Crippen LogP contribution >= 0.6 is 15.9 Å². The number of fused-ring (bicyclic) bond motifs is 3. The molecule has 2 bridgehead atoms. The summed E-state index contributed by atoms with van der Waals surface area (Å²) in [5.74, 6) is 1.64. The molecule has 0 radical (unpaired) electrons. The first kappa shape index (κ1) is 23.6. The number of hydrogen-bond acceptors (Lipinski definition) is 5. The number of benzene rings is 2. The molecular formula is C26H29BrN4O2S. The molecule has 3 aliphatic heterocycles. The quantitative estimate of drug-likeness (QED) is 0.477. The number of halogens is 1. The zero-order valence-electron chi connectivity index (χ0n) is 19.2. The van der Waals surface area contributed by atoms with Gasteiger partial charge < -0.3 is 0 Å².